The van der Waals surface area contributed by atoms with E-state index in [1.165, 1.54) is 19.1 Å². The van der Waals surface area contributed by atoms with Crippen LogP contribution in [0.1, 0.15) is 50.9 Å². The van der Waals surface area contributed by atoms with Gasteiger partial charge in [0, 0.05) is 11.6 Å². The van der Waals surface area contributed by atoms with Gasteiger partial charge in [-0.15, -0.1) is 0 Å². The summed E-state index contributed by atoms with van der Waals surface area (Å²) in [5.41, 5.74) is 0.510. The van der Waals surface area contributed by atoms with Crippen molar-refractivity contribution in [1.82, 2.24) is 9.62 Å². The van der Waals surface area contributed by atoms with Gasteiger partial charge in [-0.3, -0.25) is 4.79 Å². The van der Waals surface area contributed by atoms with Crippen LogP contribution in [0.25, 0.3) is 0 Å². The summed E-state index contributed by atoms with van der Waals surface area (Å²) in [4.78, 5) is 13.8. The SMILES string of the molecule is CCN(CC)CCC[C@H](C)NS(=O)(=O)c1ccc(C(C)=O)cc1. The van der Waals surface area contributed by atoms with Crippen LogP contribution in [0.4, 0.5) is 0 Å². The first-order valence-corrected chi connectivity index (χ1v) is 9.64. The molecular weight excluding hydrogens is 312 g/mol. The van der Waals surface area contributed by atoms with Gasteiger partial charge in [0.05, 0.1) is 4.90 Å². The Balaban J connectivity index is 2.58. The molecule has 0 bridgehead atoms. The van der Waals surface area contributed by atoms with Crippen molar-refractivity contribution in [1.29, 1.82) is 0 Å². The van der Waals surface area contributed by atoms with Gasteiger partial charge in [0.1, 0.15) is 0 Å². The molecule has 0 heterocycles. The Labute approximate surface area is 140 Å². The van der Waals surface area contributed by atoms with Crippen molar-refractivity contribution < 1.29 is 13.2 Å². The van der Waals surface area contributed by atoms with Crippen molar-refractivity contribution in [3.63, 3.8) is 0 Å². The van der Waals surface area contributed by atoms with Gasteiger partial charge in [0.15, 0.2) is 5.78 Å². The van der Waals surface area contributed by atoms with Crippen LogP contribution in [0.3, 0.4) is 0 Å². The minimum Gasteiger partial charge on any atom is -0.304 e. The molecule has 0 fully saturated rings. The fourth-order valence-electron chi connectivity index (χ4n) is 2.42. The zero-order chi connectivity index (χ0) is 17.5. The van der Waals surface area contributed by atoms with Crippen LogP contribution >= 0.6 is 0 Å². The third kappa shape index (κ3) is 6.41. The average Bonchev–Trinajstić information content (AvgIpc) is 2.51. The lowest BCUT2D eigenvalue weighted by molar-refractivity contribution is 0.101. The average molecular weight is 340 g/mol. The van der Waals surface area contributed by atoms with E-state index in [-0.39, 0.29) is 16.7 Å². The molecule has 0 unspecified atom stereocenters. The number of nitrogens with zero attached hydrogens (tertiary/aromatic N) is 1. The highest BCUT2D eigenvalue weighted by Gasteiger charge is 2.17. The number of ketones is 1. The highest BCUT2D eigenvalue weighted by atomic mass is 32.2. The van der Waals surface area contributed by atoms with Crippen LogP contribution in [0.5, 0.6) is 0 Å². The Hall–Kier alpha value is -1.24. The van der Waals surface area contributed by atoms with Crippen molar-refractivity contribution in [2.24, 2.45) is 0 Å². The maximum Gasteiger partial charge on any atom is 0.240 e. The topological polar surface area (TPSA) is 66.5 Å². The largest absolute Gasteiger partial charge is 0.304 e. The molecule has 0 spiro atoms. The number of Topliss-reactive ketones (excluding diaryl/α,β-unsaturated/α-hetero) is 1. The van der Waals surface area contributed by atoms with E-state index in [0.717, 1.165) is 32.5 Å². The molecule has 0 aliphatic rings. The Bertz CT molecular complexity index is 593. The molecule has 0 amide bonds. The molecule has 1 N–H and O–H groups in total. The zero-order valence-electron chi connectivity index (χ0n) is 14.5. The van der Waals surface area contributed by atoms with Crippen molar-refractivity contribution in [3.05, 3.63) is 29.8 Å². The normalized spacial score (nSPS) is 13.3. The van der Waals surface area contributed by atoms with Gasteiger partial charge < -0.3 is 4.90 Å². The molecule has 0 radical (unpaired) electrons. The maximum absolute atomic E-state index is 12.3. The molecule has 0 aliphatic carbocycles. The van der Waals surface area contributed by atoms with E-state index < -0.39 is 10.0 Å². The number of rotatable bonds is 10. The lowest BCUT2D eigenvalue weighted by Gasteiger charge is -2.19. The Morgan fingerprint density at radius 3 is 2.22 bits per heavy atom. The van der Waals surface area contributed by atoms with E-state index in [1.54, 1.807) is 12.1 Å². The van der Waals surface area contributed by atoms with Gasteiger partial charge >= 0.3 is 0 Å². The summed E-state index contributed by atoms with van der Waals surface area (Å²) in [5.74, 6) is -0.0772. The second-order valence-electron chi connectivity index (χ2n) is 5.77. The van der Waals surface area contributed by atoms with Crippen molar-refractivity contribution >= 4 is 15.8 Å². The molecule has 0 saturated carbocycles. The van der Waals surface area contributed by atoms with Crippen LogP contribution in [0.15, 0.2) is 29.2 Å². The highest BCUT2D eigenvalue weighted by molar-refractivity contribution is 7.89. The molecule has 1 aromatic carbocycles. The lowest BCUT2D eigenvalue weighted by Crippen LogP contribution is -2.33. The minimum absolute atomic E-state index is 0.0772. The molecule has 1 aromatic rings. The molecule has 6 heteroatoms. The number of hydrogen-bond acceptors (Lipinski definition) is 4. The first-order valence-electron chi connectivity index (χ1n) is 8.15. The molecular formula is C17H28N2O3S. The predicted molar refractivity (Wildman–Crippen MR) is 93.3 cm³/mol. The molecule has 23 heavy (non-hydrogen) atoms. The number of carbonyl (C=O) groups excluding carboxylic acids is 1. The summed E-state index contributed by atoms with van der Waals surface area (Å²) in [7, 11) is -3.54. The Kier molecular flexibility index (Phi) is 7.88. The van der Waals surface area contributed by atoms with E-state index in [2.05, 4.69) is 23.5 Å². The second-order valence-corrected chi connectivity index (χ2v) is 7.49. The number of sulfonamides is 1. The summed E-state index contributed by atoms with van der Waals surface area (Å²) in [5, 5.41) is 0. The van der Waals surface area contributed by atoms with E-state index >= 15 is 0 Å². The molecule has 1 atom stereocenters. The predicted octanol–water partition coefficient (Wildman–Crippen LogP) is 2.68. The van der Waals surface area contributed by atoms with Gasteiger partial charge in [-0.2, -0.15) is 0 Å². The van der Waals surface area contributed by atoms with Crippen LogP contribution < -0.4 is 4.72 Å². The Morgan fingerprint density at radius 1 is 1.17 bits per heavy atom. The standard InChI is InChI=1S/C17H28N2O3S/c1-5-19(6-2)13-7-8-14(3)18-23(21,22)17-11-9-16(10-12-17)15(4)20/h9-12,14,18H,5-8,13H2,1-4H3/t14-/m0/s1. The summed E-state index contributed by atoms with van der Waals surface area (Å²) in [6.45, 7) is 10.6. The van der Waals surface area contributed by atoms with E-state index in [1.807, 2.05) is 6.92 Å². The number of benzene rings is 1. The number of hydrogen-bond donors (Lipinski definition) is 1. The molecule has 130 valence electrons. The van der Waals surface area contributed by atoms with Crippen molar-refractivity contribution in [2.45, 2.75) is 51.5 Å². The van der Waals surface area contributed by atoms with E-state index in [0.29, 0.717) is 5.56 Å². The van der Waals surface area contributed by atoms with Crippen LogP contribution in [-0.4, -0.2) is 44.8 Å². The van der Waals surface area contributed by atoms with E-state index in [4.69, 9.17) is 0 Å². The zero-order valence-corrected chi connectivity index (χ0v) is 15.3. The number of carbonyl (C=O) groups is 1. The summed E-state index contributed by atoms with van der Waals surface area (Å²) < 4.78 is 27.4. The van der Waals surface area contributed by atoms with Gasteiger partial charge in [-0.1, -0.05) is 26.0 Å². The van der Waals surface area contributed by atoms with Crippen molar-refractivity contribution in [2.75, 3.05) is 19.6 Å². The fourth-order valence-corrected chi connectivity index (χ4v) is 3.70. The van der Waals surface area contributed by atoms with Gasteiger partial charge in [0.25, 0.3) is 0 Å². The summed E-state index contributed by atoms with van der Waals surface area (Å²) >= 11 is 0. The van der Waals surface area contributed by atoms with Gasteiger partial charge in [-0.25, -0.2) is 13.1 Å². The lowest BCUT2D eigenvalue weighted by atomic mass is 10.2. The summed E-state index contributed by atoms with van der Waals surface area (Å²) in [6, 6.07) is 5.91. The van der Waals surface area contributed by atoms with Crippen LogP contribution in [0, 0.1) is 0 Å². The smallest absolute Gasteiger partial charge is 0.240 e. The van der Waals surface area contributed by atoms with Crippen LogP contribution in [-0.2, 0) is 10.0 Å². The Morgan fingerprint density at radius 2 is 1.74 bits per heavy atom. The van der Waals surface area contributed by atoms with Crippen LogP contribution in [0.2, 0.25) is 0 Å². The van der Waals surface area contributed by atoms with E-state index in [9.17, 15) is 13.2 Å². The molecule has 1 rings (SSSR count). The molecule has 0 saturated heterocycles. The highest BCUT2D eigenvalue weighted by Crippen LogP contribution is 2.12. The van der Waals surface area contributed by atoms with Crippen molar-refractivity contribution in [3.8, 4) is 0 Å². The number of nitrogens with one attached hydrogen (secondary N) is 1. The quantitative estimate of drug-likeness (QED) is 0.665. The maximum atomic E-state index is 12.3. The molecule has 5 nitrogen and oxygen atoms in total. The first-order chi connectivity index (χ1) is 10.8. The van der Waals surface area contributed by atoms with Gasteiger partial charge in [0.2, 0.25) is 10.0 Å². The minimum atomic E-state index is -3.54. The monoisotopic (exact) mass is 340 g/mol. The molecule has 0 aliphatic heterocycles. The third-order valence-corrected chi connectivity index (χ3v) is 5.54. The second kappa shape index (κ2) is 9.15. The fraction of sp³-hybridized carbons (Fsp3) is 0.588. The van der Waals surface area contributed by atoms with Gasteiger partial charge in [-0.05, 0) is 58.5 Å². The summed E-state index contributed by atoms with van der Waals surface area (Å²) in [6.07, 6.45) is 1.75. The third-order valence-electron chi connectivity index (χ3n) is 3.93. The first kappa shape index (κ1) is 19.8. The molecule has 0 aromatic heterocycles.